The normalized spacial score (nSPS) is 14.1. The molecule has 0 radical (unpaired) electrons. The molecule has 0 saturated carbocycles. The van der Waals surface area contributed by atoms with Crippen molar-refractivity contribution < 1.29 is 14.6 Å². The Balaban J connectivity index is 2.93. The molecular weight excluding hydrogens is 218 g/mol. The molecule has 4 nitrogen and oxygen atoms in total. The monoisotopic (exact) mass is 237 g/mol. The predicted octanol–water partition coefficient (Wildman–Crippen LogP) is 2.34. The highest BCUT2D eigenvalue weighted by Crippen LogP contribution is 2.26. The third-order valence-electron chi connectivity index (χ3n) is 2.67. The second-order valence-electron chi connectivity index (χ2n) is 3.91. The quantitative estimate of drug-likeness (QED) is 0.796. The van der Waals surface area contributed by atoms with Gasteiger partial charge in [-0.3, -0.25) is 0 Å². The van der Waals surface area contributed by atoms with Crippen LogP contribution in [-0.4, -0.2) is 17.2 Å². The number of benzene rings is 1. The third-order valence-corrected chi connectivity index (χ3v) is 2.67. The SMILES string of the molecule is CCC(Oc1ccccc1[C@@H](N)CC)C(=O)O. The molecule has 0 heterocycles. The molecule has 0 fully saturated rings. The van der Waals surface area contributed by atoms with Crippen molar-refractivity contribution in [3.63, 3.8) is 0 Å². The van der Waals surface area contributed by atoms with Gasteiger partial charge in [0.2, 0.25) is 0 Å². The van der Waals surface area contributed by atoms with E-state index in [0.29, 0.717) is 12.2 Å². The van der Waals surface area contributed by atoms with Gasteiger partial charge in [-0.05, 0) is 18.9 Å². The number of hydrogen-bond donors (Lipinski definition) is 2. The van der Waals surface area contributed by atoms with Crippen molar-refractivity contribution in [3.05, 3.63) is 29.8 Å². The molecule has 1 aromatic rings. The van der Waals surface area contributed by atoms with Crippen molar-refractivity contribution in [2.45, 2.75) is 38.8 Å². The van der Waals surface area contributed by atoms with Crippen LogP contribution < -0.4 is 10.5 Å². The molecule has 0 aromatic heterocycles. The van der Waals surface area contributed by atoms with E-state index in [0.717, 1.165) is 12.0 Å². The van der Waals surface area contributed by atoms with Gasteiger partial charge in [-0.25, -0.2) is 4.79 Å². The Bertz CT molecular complexity index is 379. The van der Waals surface area contributed by atoms with Crippen LogP contribution in [-0.2, 0) is 4.79 Å². The standard InChI is InChI=1S/C13H19NO3/c1-3-10(14)9-7-5-6-8-12(9)17-11(4-2)13(15)16/h5-8,10-11H,3-4,14H2,1-2H3,(H,15,16)/t10-,11?/m0/s1. The van der Waals surface area contributed by atoms with Gasteiger partial charge >= 0.3 is 5.97 Å². The van der Waals surface area contributed by atoms with E-state index in [1.165, 1.54) is 0 Å². The predicted molar refractivity (Wildman–Crippen MR) is 66.0 cm³/mol. The van der Waals surface area contributed by atoms with E-state index in [4.69, 9.17) is 15.6 Å². The van der Waals surface area contributed by atoms with E-state index in [-0.39, 0.29) is 6.04 Å². The van der Waals surface area contributed by atoms with Crippen LogP contribution in [0.5, 0.6) is 5.75 Å². The van der Waals surface area contributed by atoms with Crippen LogP contribution in [0.3, 0.4) is 0 Å². The maximum absolute atomic E-state index is 10.9. The molecule has 0 bridgehead atoms. The van der Waals surface area contributed by atoms with Gasteiger partial charge in [-0.15, -0.1) is 0 Å². The zero-order chi connectivity index (χ0) is 12.8. The van der Waals surface area contributed by atoms with Gasteiger partial charge in [0.15, 0.2) is 6.10 Å². The zero-order valence-corrected chi connectivity index (χ0v) is 10.2. The highest BCUT2D eigenvalue weighted by Gasteiger charge is 2.19. The average molecular weight is 237 g/mol. The smallest absolute Gasteiger partial charge is 0.344 e. The molecule has 0 aliphatic rings. The number of nitrogens with two attached hydrogens (primary N) is 1. The molecule has 94 valence electrons. The Hall–Kier alpha value is -1.55. The molecule has 1 rings (SSSR count). The number of hydrogen-bond acceptors (Lipinski definition) is 3. The summed E-state index contributed by atoms with van der Waals surface area (Å²) in [6.45, 7) is 3.76. The lowest BCUT2D eigenvalue weighted by molar-refractivity contribution is -0.145. The molecule has 0 spiro atoms. The first kappa shape index (κ1) is 13.5. The van der Waals surface area contributed by atoms with Gasteiger partial charge in [0.05, 0.1) is 0 Å². The van der Waals surface area contributed by atoms with Gasteiger partial charge < -0.3 is 15.6 Å². The fourth-order valence-corrected chi connectivity index (χ4v) is 1.58. The van der Waals surface area contributed by atoms with Crippen LogP contribution in [0.1, 0.15) is 38.3 Å². The first-order valence-corrected chi connectivity index (χ1v) is 5.84. The number of carboxylic acid groups (broad SMARTS) is 1. The molecule has 3 N–H and O–H groups in total. The number of ether oxygens (including phenoxy) is 1. The number of aliphatic carboxylic acids is 1. The molecule has 1 aromatic carbocycles. The molecule has 0 aliphatic heterocycles. The van der Waals surface area contributed by atoms with Gasteiger partial charge in [-0.2, -0.15) is 0 Å². The van der Waals surface area contributed by atoms with Crippen LogP contribution in [0.15, 0.2) is 24.3 Å². The van der Waals surface area contributed by atoms with Gasteiger partial charge in [-0.1, -0.05) is 32.0 Å². The van der Waals surface area contributed by atoms with Crippen LogP contribution in [0.25, 0.3) is 0 Å². The fraction of sp³-hybridized carbons (Fsp3) is 0.462. The maximum atomic E-state index is 10.9. The summed E-state index contributed by atoms with van der Waals surface area (Å²) in [7, 11) is 0. The fourth-order valence-electron chi connectivity index (χ4n) is 1.58. The van der Waals surface area contributed by atoms with Gasteiger partial charge in [0.25, 0.3) is 0 Å². The Morgan fingerprint density at radius 1 is 1.35 bits per heavy atom. The highest BCUT2D eigenvalue weighted by atomic mass is 16.5. The lowest BCUT2D eigenvalue weighted by Crippen LogP contribution is -2.27. The molecule has 0 saturated heterocycles. The number of carbonyl (C=O) groups is 1. The summed E-state index contributed by atoms with van der Waals surface area (Å²) in [5, 5.41) is 8.97. The summed E-state index contributed by atoms with van der Waals surface area (Å²) in [5.41, 5.74) is 6.82. The maximum Gasteiger partial charge on any atom is 0.344 e. The summed E-state index contributed by atoms with van der Waals surface area (Å²) in [6, 6.07) is 7.20. The summed E-state index contributed by atoms with van der Waals surface area (Å²) in [6.07, 6.45) is 0.384. The van der Waals surface area contributed by atoms with Crippen LogP contribution in [0, 0.1) is 0 Å². The average Bonchev–Trinajstić information content (AvgIpc) is 2.35. The largest absolute Gasteiger partial charge is 0.479 e. The molecule has 2 atom stereocenters. The number of carboxylic acids is 1. The van der Waals surface area contributed by atoms with Crippen LogP contribution >= 0.6 is 0 Å². The summed E-state index contributed by atoms with van der Waals surface area (Å²) in [5.74, 6) is -0.386. The molecule has 0 amide bonds. The third kappa shape index (κ3) is 3.46. The Kier molecular flexibility index (Phi) is 4.97. The van der Waals surface area contributed by atoms with Crippen molar-refractivity contribution in [2.24, 2.45) is 5.73 Å². The van der Waals surface area contributed by atoms with Crippen LogP contribution in [0.2, 0.25) is 0 Å². The molecular formula is C13H19NO3. The van der Waals surface area contributed by atoms with E-state index < -0.39 is 12.1 Å². The summed E-state index contributed by atoms with van der Waals surface area (Å²) in [4.78, 5) is 10.9. The molecule has 1 unspecified atom stereocenters. The summed E-state index contributed by atoms with van der Waals surface area (Å²) >= 11 is 0. The molecule has 4 heteroatoms. The number of rotatable bonds is 6. The van der Waals surface area contributed by atoms with Crippen molar-refractivity contribution in [1.29, 1.82) is 0 Å². The zero-order valence-electron chi connectivity index (χ0n) is 10.2. The van der Waals surface area contributed by atoms with E-state index in [9.17, 15) is 4.79 Å². The minimum atomic E-state index is -0.952. The minimum Gasteiger partial charge on any atom is -0.479 e. The number of para-hydroxylation sites is 1. The van der Waals surface area contributed by atoms with Gasteiger partial charge in [0, 0.05) is 11.6 Å². The van der Waals surface area contributed by atoms with Crippen molar-refractivity contribution >= 4 is 5.97 Å². The lowest BCUT2D eigenvalue weighted by atomic mass is 10.0. The minimum absolute atomic E-state index is 0.127. The van der Waals surface area contributed by atoms with E-state index in [1.54, 1.807) is 13.0 Å². The van der Waals surface area contributed by atoms with Crippen molar-refractivity contribution in [3.8, 4) is 5.75 Å². The molecule has 17 heavy (non-hydrogen) atoms. The van der Waals surface area contributed by atoms with E-state index in [2.05, 4.69) is 0 Å². The van der Waals surface area contributed by atoms with E-state index >= 15 is 0 Å². The van der Waals surface area contributed by atoms with E-state index in [1.807, 2.05) is 25.1 Å². The Morgan fingerprint density at radius 3 is 2.53 bits per heavy atom. The van der Waals surface area contributed by atoms with Crippen LogP contribution in [0.4, 0.5) is 0 Å². The summed E-state index contributed by atoms with van der Waals surface area (Å²) < 4.78 is 5.50. The molecule has 0 aliphatic carbocycles. The topological polar surface area (TPSA) is 72.5 Å². The second-order valence-corrected chi connectivity index (χ2v) is 3.91. The van der Waals surface area contributed by atoms with Crippen molar-refractivity contribution in [1.82, 2.24) is 0 Å². The highest BCUT2D eigenvalue weighted by molar-refractivity contribution is 5.72. The van der Waals surface area contributed by atoms with Gasteiger partial charge in [0.1, 0.15) is 5.75 Å². The second kappa shape index (κ2) is 6.25. The first-order valence-electron chi connectivity index (χ1n) is 5.84. The lowest BCUT2D eigenvalue weighted by Gasteiger charge is -2.19. The Labute approximate surface area is 101 Å². The first-order chi connectivity index (χ1) is 8.10. The Morgan fingerprint density at radius 2 is 2.00 bits per heavy atom. The van der Waals surface area contributed by atoms with Crippen molar-refractivity contribution in [2.75, 3.05) is 0 Å².